The predicted molar refractivity (Wildman–Crippen MR) is 95.9 cm³/mol. The second kappa shape index (κ2) is 6.78. The largest absolute Gasteiger partial charge is 0.347 e. The van der Waals surface area contributed by atoms with E-state index in [0.717, 1.165) is 23.4 Å². The van der Waals surface area contributed by atoms with Crippen molar-refractivity contribution in [3.63, 3.8) is 0 Å². The van der Waals surface area contributed by atoms with Crippen molar-refractivity contribution in [2.24, 2.45) is 5.92 Å². The normalized spacial score (nSPS) is 22.4. The molecule has 1 aromatic heterocycles. The van der Waals surface area contributed by atoms with Crippen LogP contribution >= 0.6 is 0 Å². The average Bonchev–Trinajstić information content (AvgIpc) is 2.56. The maximum Gasteiger partial charge on any atom is 0.224 e. The van der Waals surface area contributed by atoms with Crippen LogP contribution in [0.25, 0.3) is 0 Å². The first kappa shape index (κ1) is 17.3. The van der Waals surface area contributed by atoms with Gasteiger partial charge in [0.25, 0.3) is 0 Å². The van der Waals surface area contributed by atoms with E-state index in [0.29, 0.717) is 5.95 Å². The van der Waals surface area contributed by atoms with E-state index in [9.17, 15) is 9.18 Å². The maximum absolute atomic E-state index is 13.9. The highest BCUT2D eigenvalue weighted by molar-refractivity contribution is 5.94. The summed E-state index contributed by atoms with van der Waals surface area (Å²) in [6.07, 6.45) is 2.51. The molecule has 0 fully saturated rings. The summed E-state index contributed by atoms with van der Waals surface area (Å²) in [5.74, 6) is 0.240. The monoisotopic (exact) mass is 342 g/mol. The minimum atomic E-state index is -0.318. The highest BCUT2D eigenvalue weighted by Gasteiger charge is 2.40. The minimum Gasteiger partial charge on any atom is -0.347 e. The van der Waals surface area contributed by atoms with Gasteiger partial charge in [-0.2, -0.15) is 0 Å². The number of carbonyl (C=O) groups excluding carboxylic acids is 1. The molecule has 6 heteroatoms. The van der Waals surface area contributed by atoms with Gasteiger partial charge in [0.1, 0.15) is 5.82 Å². The van der Waals surface area contributed by atoms with Crippen LogP contribution in [0.3, 0.4) is 0 Å². The summed E-state index contributed by atoms with van der Waals surface area (Å²) < 4.78 is 13.9. The van der Waals surface area contributed by atoms with Crippen molar-refractivity contribution < 1.29 is 9.18 Å². The molecule has 25 heavy (non-hydrogen) atoms. The summed E-state index contributed by atoms with van der Waals surface area (Å²) in [7, 11) is 0. The molecule has 1 aliphatic rings. The molecule has 1 N–H and O–H groups in total. The third-order valence-electron chi connectivity index (χ3n) is 4.89. The molecule has 1 aliphatic heterocycles. The van der Waals surface area contributed by atoms with Gasteiger partial charge < -0.3 is 10.2 Å². The van der Waals surface area contributed by atoms with E-state index < -0.39 is 0 Å². The molecule has 0 radical (unpaired) electrons. The van der Waals surface area contributed by atoms with E-state index in [1.807, 2.05) is 13.0 Å². The van der Waals surface area contributed by atoms with Crippen molar-refractivity contribution in [2.75, 3.05) is 10.2 Å². The van der Waals surface area contributed by atoms with Crippen molar-refractivity contribution in [1.29, 1.82) is 0 Å². The van der Waals surface area contributed by atoms with Crippen LogP contribution < -0.4 is 10.2 Å². The molecule has 3 rings (SSSR count). The number of hydrogen-bond donors (Lipinski definition) is 1. The number of amides is 1. The summed E-state index contributed by atoms with van der Waals surface area (Å²) in [6.45, 7) is 7.59. The number of halogens is 1. The van der Waals surface area contributed by atoms with Crippen molar-refractivity contribution in [2.45, 2.75) is 46.2 Å². The van der Waals surface area contributed by atoms with E-state index in [-0.39, 0.29) is 29.7 Å². The van der Waals surface area contributed by atoms with E-state index in [1.54, 1.807) is 24.1 Å². The Morgan fingerprint density at radius 2 is 2.12 bits per heavy atom. The van der Waals surface area contributed by atoms with Crippen molar-refractivity contribution >= 4 is 17.5 Å². The van der Waals surface area contributed by atoms with Crippen LogP contribution in [0.2, 0.25) is 0 Å². The maximum atomic E-state index is 13.9. The lowest BCUT2D eigenvalue weighted by atomic mass is 9.81. The van der Waals surface area contributed by atoms with Crippen LogP contribution in [-0.4, -0.2) is 21.9 Å². The number of benzene rings is 1. The van der Waals surface area contributed by atoms with Crippen molar-refractivity contribution in [3.05, 3.63) is 47.5 Å². The number of nitrogens with zero attached hydrogens (tertiary/aromatic N) is 3. The molecule has 132 valence electrons. The van der Waals surface area contributed by atoms with Crippen molar-refractivity contribution in [3.8, 4) is 0 Å². The third-order valence-corrected chi connectivity index (χ3v) is 4.89. The fourth-order valence-electron chi connectivity index (χ4n) is 3.74. The van der Waals surface area contributed by atoms with Crippen LogP contribution in [0.15, 0.2) is 30.5 Å². The van der Waals surface area contributed by atoms with Crippen LogP contribution in [0.4, 0.5) is 16.0 Å². The van der Waals surface area contributed by atoms with Gasteiger partial charge in [0.2, 0.25) is 11.9 Å². The Labute approximate surface area is 147 Å². The van der Waals surface area contributed by atoms with Gasteiger partial charge >= 0.3 is 0 Å². The Kier molecular flexibility index (Phi) is 4.70. The first-order chi connectivity index (χ1) is 11.9. The zero-order valence-corrected chi connectivity index (χ0v) is 15.0. The Bertz CT molecular complexity index is 795. The Morgan fingerprint density at radius 1 is 1.36 bits per heavy atom. The highest BCUT2D eigenvalue weighted by Crippen LogP contribution is 2.43. The Morgan fingerprint density at radius 3 is 2.76 bits per heavy atom. The molecule has 5 nitrogen and oxygen atoms in total. The van der Waals surface area contributed by atoms with Gasteiger partial charge in [0, 0.05) is 42.0 Å². The molecular formula is C19H23FN4O. The number of aryl methyl sites for hydroxylation is 1. The molecule has 2 heterocycles. The molecular weight excluding hydrogens is 319 g/mol. The predicted octanol–water partition coefficient (Wildman–Crippen LogP) is 3.86. The SMILES string of the molecule is CC[C@H]1[C@H](C)C(Nc2nccc(C)n2)c2cc(F)ccc2N1C(C)=O. The van der Waals surface area contributed by atoms with E-state index in [1.165, 1.54) is 12.1 Å². The summed E-state index contributed by atoms with van der Waals surface area (Å²) in [4.78, 5) is 22.7. The number of aromatic nitrogens is 2. The van der Waals surface area contributed by atoms with Gasteiger partial charge in [-0.15, -0.1) is 0 Å². The second-order valence-corrected chi connectivity index (χ2v) is 6.57. The summed E-state index contributed by atoms with van der Waals surface area (Å²) in [5.41, 5.74) is 2.37. The zero-order chi connectivity index (χ0) is 18.1. The van der Waals surface area contributed by atoms with Gasteiger partial charge in [0.15, 0.2) is 0 Å². The molecule has 0 saturated heterocycles. The van der Waals surface area contributed by atoms with E-state index in [2.05, 4.69) is 29.1 Å². The molecule has 1 amide bonds. The highest BCUT2D eigenvalue weighted by atomic mass is 19.1. The quantitative estimate of drug-likeness (QED) is 0.920. The number of fused-ring (bicyclic) bond motifs is 1. The summed E-state index contributed by atoms with van der Waals surface area (Å²) in [6, 6.07) is 6.27. The molecule has 1 unspecified atom stereocenters. The minimum absolute atomic E-state index is 0.0257. The summed E-state index contributed by atoms with van der Waals surface area (Å²) >= 11 is 0. The third kappa shape index (κ3) is 3.21. The second-order valence-electron chi connectivity index (χ2n) is 6.57. The van der Waals surface area contributed by atoms with Gasteiger partial charge in [0.05, 0.1) is 6.04 Å². The smallest absolute Gasteiger partial charge is 0.224 e. The zero-order valence-electron chi connectivity index (χ0n) is 15.0. The molecule has 0 aliphatic carbocycles. The topological polar surface area (TPSA) is 58.1 Å². The van der Waals surface area contributed by atoms with Crippen LogP contribution in [0.5, 0.6) is 0 Å². The van der Waals surface area contributed by atoms with Crippen LogP contribution in [0, 0.1) is 18.7 Å². The number of nitrogens with one attached hydrogen (secondary N) is 1. The Hall–Kier alpha value is -2.50. The van der Waals surface area contributed by atoms with Crippen LogP contribution in [0.1, 0.15) is 44.5 Å². The van der Waals surface area contributed by atoms with Gasteiger partial charge in [-0.1, -0.05) is 13.8 Å². The van der Waals surface area contributed by atoms with Crippen molar-refractivity contribution in [1.82, 2.24) is 9.97 Å². The summed E-state index contributed by atoms with van der Waals surface area (Å²) in [5, 5.41) is 3.35. The van der Waals surface area contributed by atoms with Crippen LogP contribution in [-0.2, 0) is 4.79 Å². The number of anilines is 2. The molecule has 0 bridgehead atoms. The number of carbonyl (C=O) groups is 1. The van der Waals surface area contributed by atoms with Gasteiger partial charge in [-0.3, -0.25) is 4.79 Å². The van der Waals surface area contributed by atoms with Gasteiger partial charge in [-0.25, -0.2) is 14.4 Å². The lowest BCUT2D eigenvalue weighted by Crippen LogP contribution is -2.49. The average molecular weight is 342 g/mol. The number of rotatable bonds is 3. The molecule has 3 atom stereocenters. The standard InChI is InChI=1S/C19H23FN4O/c1-5-16-12(3)18(23-19-21-9-8-11(2)22-19)15-10-14(20)6-7-17(15)24(16)13(4)25/h6-10,12,16,18H,5H2,1-4H3,(H,21,22,23)/t12-,16-,18?/m0/s1. The van der Waals surface area contributed by atoms with E-state index in [4.69, 9.17) is 0 Å². The Balaban J connectivity index is 2.09. The molecule has 0 spiro atoms. The first-order valence-electron chi connectivity index (χ1n) is 8.57. The van der Waals surface area contributed by atoms with Gasteiger partial charge in [-0.05, 0) is 37.6 Å². The fraction of sp³-hybridized carbons (Fsp3) is 0.421. The molecule has 0 saturated carbocycles. The number of hydrogen-bond acceptors (Lipinski definition) is 4. The fourth-order valence-corrected chi connectivity index (χ4v) is 3.74. The lowest BCUT2D eigenvalue weighted by Gasteiger charge is -2.45. The van der Waals surface area contributed by atoms with E-state index >= 15 is 0 Å². The first-order valence-corrected chi connectivity index (χ1v) is 8.57. The molecule has 1 aromatic carbocycles. The molecule has 2 aromatic rings. The lowest BCUT2D eigenvalue weighted by molar-refractivity contribution is -0.117.